The molecule has 1 aromatic heterocycles. The van der Waals surface area contributed by atoms with E-state index < -0.39 is 6.10 Å². The van der Waals surface area contributed by atoms with E-state index in [1.807, 2.05) is 6.07 Å². The monoisotopic (exact) mass is 242 g/mol. The number of nitrogen functional groups attached to an aromatic ring is 1. The summed E-state index contributed by atoms with van der Waals surface area (Å²) < 4.78 is 8.66. The Kier molecular flexibility index (Phi) is 4.98. The number of nitriles is 1. The van der Waals surface area contributed by atoms with Gasteiger partial charge in [-0.2, -0.15) is 9.64 Å². The summed E-state index contributed by atoms with van der Waals surface area (Å²) in [6.07, 6.45) is 0.0320. The predicted molar refractivity (Wildman–Crippen MR) is 62.2 cm³/mol. The van der Waals surface area contributed by atoms with Crippen LogP contribution in [0.5, 0.6) is 0 Å². The first kappa shape index (κ1) is 12.7. The van der Waals surface area contributed by atoms with E-state index in [9.17, 15) is 5.11 Å². The molecule has 7 heteroatoms. The second-order valence-corrected chi connectivity index (χ2v) is 3.98. The average molecular weight is 242 g/mol. The average Bonchev–Trinajstić information content (AvgIpc) is 2.60. The standard InChI is InChI=1S/C9H14N4O2S/c1-15-5-6(14)2-3-12-9-7(4-10)8(11)13-16-9/h6,12,14H,2-3,5H2,1H3,(H2,11,13). The van der Waals surface area contributed by atoms with Gasteiger partial charge in [0.2, 0.25) is 0 Å². The van der Waals surface area contributed by atoms with Crippen LogP contribution in [0.2, 0.25) is 0 Å². The Morgan fingerprint density at radius 3 is 3.12 bits per heavy atom. The van der Waals surface area contributed by atoms with Crippen molar-refractivity contribution in [2.24, 2.45) is 0 Å². The lowest BCUT2D eigenvalue weighted by Crippen LogP contribution is -2.18. The number of nitrogens with zero attached hydrogens (tertiary/aromatic N) is 2. The van der Waals surface area contributed by atoms with E-state index in [2.05, 4.69) is 9.69 Å². The molecule has 1 unspecified atom stereocenters. The van der Waals surface area contributed by atoms with Crippen molar-refractivity contribution < 1.29 is 9.84 Å². The van der Waals surface area contributed by atoms with E-state index >= 15 is 0 Å². The van der Waals surface area contributed by atoms with Crippen molar-refractivity contribution in [3.8, 4) is 6.07 Å². The Hall–Kier alpha value is -1.36. The molecule has 0 aliphatic carbocycles. The minimum Gasteiger partial charge on any atom is -0.391 e. The summed E-state index contributed by atoms with van der Waals surface area (Å²) in [7, 11) is 1.54. The van der Waals surface area contributed by atoms with Gasteiger partial charge in [-0.1, -0.05) is 0 Å². The van der Waals surface area contributed by atoms with Crippen LogP contribution in [0.1, 0.15) is 12.0 Å². The fourth-order valence-corrected chi connectivity index (χ4v) is 1.85. The van der Waals surface area contributed by atoms with E-state index in [0.29, 0.717) is 30.1 Å². The number of methoxy groups -OCH3 is 1. The highest BCUT2D eigenvalue weighted by Gasteiger charge is 2.10. The second-order valence-electron chi connectivity index (χ2n) is 3.21. The van der Waals surface area contributed by atoms with Crippen LogP contribution in [0.15, 0.2) is 0 Å². The number of ether oxygens (including phenoxy) is 1. The Balaban J connectivity index is 2.41. The minimum atomic E-state index is -0.506. The molecule has 1 heterocycles. The van der Waals surface area contributed by atoms with E-state index in [4.69, 9.17) is 15.7 Å². The van der Waals surface area contributed by atoms with E-state index in [1.54, 1.807) is 0 Å². The number of hydrogen-bond donors (Lipinski definition) is 3. The molecule has 88 valence electrons. The maximum Gasteiger partial charge on any atom is 0.157 e. The van der Waals surface area contributed by atoms with Crippen LogP contribution in [0.25, 0.3) is 0 Å². The molecular formula is C9H14N4O2S. The van der Waals surface area contributed by atoms with Crippen molar-refractivity contribution in [3.63, 3.8) is 0 Å². The second kappa shape index (κ2) is 6.27. The van der Waals surface area contributed by atoms with Gasteiger partial charge >= 0.3 is 0 Å². The number of rotatable bonds is 6. The first-order valence-electron chi connectivity index (χ1n) is 4.75. The molecule has 1 atom stereocenters. The van der Waals surface area contributed by atoms with Gasteiger partial charge in [0, 0.05) is 13.7 Å². The van der Waals surface area contributed by atoms with Crippen molar-refractivity contribution >= 4 is 22.4 Å². The van der Waals surface area contributed by atoms with Crippen LogP contribution in [0, 0.1) is 11.3 Å². The zero-order valence-electron chi connectivity index (χ0n) is 8.93. The van der Waals surface area contributed by atoms with Crippen LogP contribution in [-0.2, 0) is 4.74 Å². The summed E-state index contributed by atoms with van der Waals surface area (Å²) in [6, 6.07) is 1.98. The highest BCUT2D eigenvalue weighted by Crippen LogP contribution is 2.25. The van der Waals surface area contributed by atoms with E-state index in [-0.39, 0.29) is 5.82 Å². The number of hydrogen-bond acceptors (Lipinski definition) is 7. The van der Waals surface area contributed by atoms with Crippen LogP contribution >= 0.6 is 11.5 Å². The highest BCUT2D eigenvalue weighted by atomic mass is 32.1. The van der Waals surface area contributed by atoms with Crippen LogP contribution in [-0.4, -0.2) is 35.8 Å². The molecule has 16 heavy (non-hydrogen) atoms. The highest BCUT2D eigenvalue weighted by molar-refractivity contribution is 7.10. The first-order valence-corrected chi connectivity index (χ1v) is 5.52. The lowest BCUT2D eigenvalue weighted by atomic mass is 10.2. The molecule has 0 radical (unpaired) electrons. The summed E-state index contributed by atoms with van der Waals surface area (Å²) in [4.78, 5) is 0. The van der Waals surface area contributed by atoms with Gasteiger partial charge < -0.3 is 20.9 Å². The van der Waals surface area contributed by atoms with Crippen molar-refractivity contribution in [2.75, 3.05) is 31.3 Å². The fourth-order valence-electron chi connectivity index (χ4n) is 1.16. The molecule has 1 aromatic rings. The van der Waals surface area contributed by atoms with Crippen LogP contribution < -0.4 is 11.1 Å². The topological polar surface area (TPSA) is 104 Å². The molecule has 0 saturated heterocycles. The largest absolute Gasteiger partial charge is 0.391 e. The Morgan fingerprint density at radius 2 is 2.50 bits per heavy atom. The summed E-state index contributed by atoms with van der Waals surface area (Å²) in [5.74, 6) is 0.243. The summed E-state index contributed by atoms with van der Waals surface area (Å²) >= 11 is 1.14. The van der Waals surface area contributed by atoms with Gasteiger partial charge in [0.1, 0.15) is 16.6 Å². The molecule has 0 aliphatic heterocycles. The molecule has 1 rings (SSSR count). The van der Waals surface area contributed by atoms with Crippen LogP contribution in [0.4, 0.5) is 10.8 Å². The maximum absolute atomic E-state index is 9.39. The zero-order chi connectivity index (χ0) is 12.0. The maximum atomic E-state index is 9.39. The Bertz CT molecular complexity index is 374. The molecule has 0 amide bonds. The number of aromatic nitrogens is 1. The van der Waals surface area contributed by atoms with E-state index in [1.165, 1.54) is 7.11 Å². The minimum absolute atomic E-state index is 0.243. The van der Waals surface area contributed by atoms with Gasteiger partial charge in [-0.25, -0.2) is 0 Å². The van der Waals surface area contributed by atoms with Crippen molar-refractivity contribution in [2.45, 2.75) is 12.5 Å². The summed E-state index contributed by atoms with van der Waals surface area (Å²) in [5.41, 5.74) is 5.87. The molecule has 0 aromatic carbocycles. The fraction of sp³-hybridized carbons (Fsp3) is 0.556. The molecule has 0 fully saturated rings. The third-order valence-corrected chi connectivity index (χ3v) is 2.77. The predicted octanol–water partition coefficient (Wildman–Crippen LogP) is 0.406. The van der Waals surface area contributed by atoms with Gasteiger partial charge in [-0.15, -0.1) is 0 Å². The molecule has 0 saturated carbocycles. The number of aliphatic hydroxyl groups is 1. The Labute approximate surface area is 97.8 Å². The number of nitrogens with two attached hydrogens (primary N) is 1. The third kappa shape index (κ3) is 3.34. The molecule has 0 bridgehead atoms. The third-order valence-electron chi connectivity index (χ3n) is 1.95. The first-order chi connectivity index (χ1) is 7.69. The molecular weight excluding hydrogens is 228 g/mol. The summed E-state index contributed by atoms with van der Waals surface area (Å²) in [5, 5.41) is 21.9. The quantitative estimate of drug-likeness (QED) is 0.667. The normalized spacial score (nSPS) is 12.1. The SMILES string of the molecule is COCC(O)CCNc1snc(N)c1C#N. The van der Waals surface area contributed by atoms with Gasteiger partial charge in [0.05, 0.1) is 12.7 Å². The van der Waals surface area contributed by atoms with Gasteiger partial charge in [0.25, 0.3) is 0 Å². The molecule has 0 aliphatic rings. The number of anilines is 2. The van der Waals surface area contributed by atoms with Crippen molar-refractivity contribution in [1.29, 1.82) is 5.26 Å². The van der Waals surface area contributed by atoms with Gasteiger partial charge in [-0.05, 0) is 18.0 Å². The van der Waals surface area contributed by atoms with Crippen molar-refractivity contribution in [3.05, 3.63) is 5.56 Å². The zero-order valence-corrected chi connectivity index (χ0v) is 9.75. The molecule has 4 N–H and O–H groups in total. The van der Waals surface area contributed by atoms with Gasteiger partial charge in [-0.3, -0.25) is 0 Å². The van der Waals surface area contributed by atoms with Crippen molar-refractivity contribution in [1.82, 2.24) is 4.37 Å². The summed E-state index contributed by atoms with van der Waals surface area (Å²) in [6.45, 7) is 0.846. The number of aliphatic hydroxyl groups excluding tert-OH is 1. The molecule has 6 nitrogen and oxygen atoms in total. The van der Waals surface area contributed by atoms with Crippen LogP contribution in [0.3, 0.4) is 0 Å². The van der Waals surface area contributed by atoms with E-state index in [0.717, 1.165) is 11.5 Å². The Morgan fingerprint density at radius 1 is 1.75 bits per heavy atom. The lowest BCUT2D eigenvalue weighted by molar-refractivity contribution is 0.0615. The molecule has 0 spiro atoms. The smallest absolute Gasteiger partial charge is 0.157 e. The van der Waals surface area contributed by atoms with Gasteiger partial charge in [0.15, 0.2) is 5.82 Å². The lowest BCUT2D eigenvalue weighted by Gasteiger charge is -2.09. The number of nitrogens with one attached hydrogen (secondary N) is 1.